The van der Waals surface area contributed by atoms with Gasteiger partial charge in [-0.3, -0.25) is 4.79 Å². The van der Waals surface area contributed by atoms with Crippen LogP contribution in [-0.2, 0) is 11.2 Å². The Morgan fingerprint density at radius 2 is 2.22 bits per heavy atom. The number of halogens is 1. The highest BCUT2D eigenvalue weighted by Gasteiger charge is 2.15. The van der Waals surface area contributed by atoms with E-state index in [1.165, 1.54) is 12.3 Å². The fourth-order valence-corrected chi connectivity index (χ4v) is 2.54. The Hall–Kier alpha value is -3.16. The molecular formula is C19H20FN3O4. The van der Waals surface area contributed by atoms with Crippen molar-refractivity contribution in [1.82, 2.24) is 15.5 Å². The Morgan fingerprint density at radius 1 is 1.37 bits per heavy atom. The Bertz CT molecular complexity index is 892. The molecule has 27 heavy (non-hydrogen) atoms. The van der Waals surface area contributed by atoms with E-state index >= 15 is 0 Å². The molecule has 0 aliphatic rings. The van der Waals surface area contributed by atoms with Gasteiger partial charge < -0.3 is 19.0 Å². The third-order valence-electron chi connectivity index (χ3n) is 3.91. The van der Waals surface area contributed by atoms with Gasteiger partial charge in [0, 0.05) is 12.8 Å². The number of hydrogen-bond donors (Lipinski definition) is 1. The highest BCUT2D eigenvalue weighted by molar-refractivity contribution is 5.76. The van der Waals surface area contributed by atoms with E-state index in [9.17, 15) is 9.18 Å². The highest BCUT2D eigenvalue weighted by atomic mass is 19.1. The summed E-state index contributed by atoms with van der Waals surface area (Å²) in [6.07, 6.45) is 1.98. The van der Waals surface area contributed by atoms with Gasteiger partial charge in [0.2, 0.25) is 17.6 Å². The fourth-order valence-electron chi connectivity index (χ4n) is 2.54. The number of carbonyl (C=O) groups excluding carboxylic acids is 1. The van der Waals surface area contributed by atoms with Crippen molar-refractivity contribution in [2.24, 2.45) is 0 Å². The topological polar surface area (TPSA) is 90.4 Å². The maximum Gasteiger partial charge on any atom is 0.238 e. The number of aromatic nitrogens is 2. The van der Waals surface area contributed by atoms with Crippen LogP contribution >= 0.6 is 0 Å². The molecular weight excluding hydrogens is 353 g/mol. The van der Waals surface area contributed by atoms with Gasteiger partial charge in [0.1, 0.15) is 0 Å². The number of carbonyl (C=O) groups is 1. The van der Waals surface area contributed by atoms with Crippen LogP contribution in [0.5, 0.6) is 5.75 Å². The second-order valence-corrected chi connectivity index (χ2v) is 5.90. The summed E-state index contributed by atoms with van der Waals surface area (Å²) in [6, 6.07) is 7.76. The first-order valence-electron chi connectivity index (χ1n) is 8.65. The zero-order valence-corrected chi connectivity index (χ0v) is 15.1. The van der Waals surface area contributed by atoms with Gasteiger partial charge >= 0.3 is 0 Å². The third kappa shape index (κ3) is 4.72. The lowest BCUT2D eigenvalue weighted by Gasteiger charge is -2.15. The molecule has 3 aromatic rings. The molecule has 3 rings (SSSR count). The van der Waals surface area contributed by atoms with Crippen LogP contribution in [0, 0.1) is 5.82 Å². The molecule has 0 saturated heterocycles. The number of hydrogen-bond acceptors (Lipinski definition) is 6. The Labute approximate surface area is 155 Å². The maximum atomic E-state index is 14.0. The fraction of sp³-hybridized carbons (Fsp3) is 0.316. The highest BCUT2D eigenvalue weighted by Crippen LogP contribution is 2.22. The van der Waals surface area contributed by atoms with Gasteiger partial charge in [-0.2, -0.15) is 4.98 Å². The van der Waals surface area contributed by atoms with E-state index < -0.39 is 5.82 Å². The predicted molar refractivity (Wildman–Crippen MR) is 94.4 cm³/mol. The van der Waals surface area contributed by atoms with Gasteiger partial charge in [0.15, 0.2) is 17.3 Å². The Morgan fingerprint density at radius 3 is 2.93 bits per heavy atom. The van der Waals surface area contributed by atoms with Crippen molar-refractivity contribution in [3.05, 3.63) is 53.9 Å². The molecule has 8 heteroatoms. The Balaban J connectivity index is 1.52. The number of furan rings is 1. The molecule has 0 spiro atoms. The van der Waals surface area contributed by atoms with E-state index in [2.05, 4.69) is 15.5 Å². The molecule has 2 heterocycles. The first-order valence-corrected chi connectivity index (χ1v) is 8.65. The standard InChI is InChI=1S/C19H20FN3O4/c1-3-25-15-7-6-13(11-14(15)20)12(2)21-17(24)8-9-18-22-19(23-27-18)16-5-4-10-26-16/h4-7,10-12H,3,8-9H2,1-2H3,(H,21,24). The molecule has 0 fully saturated rings. The number of aryl methyl sites for hydroxylation is 1. The first-order chi connectivity index (χ1) is 13.1. The molecule has 1 unspecified atom stereocenters. The van der Waals surface area contributed by atoms with Crippen LogP contribution in [0.1, 0.15) is 37.8 Å². The second-order valence-electron chi connectivity index (χ2n) is 5.90. The zero-order valence-electron chi connectivity index (χ0n) is 15.1. The largest absolute Gasteiger partial charge is 0.491 e. The predicted octanol–water partition coefficient (Wildman–Crippen LogP) is 3.68. The van der Waals surface area contributed by atoms with Gasteiger partial charge in [-0.05, 0) is 43.7 Å². The summed E-state index contributed by atoms with van der Waals surface area (Å²) in [4.78, 5) is 16.3. The van der Waals surface area contributed by atoms with E-state index in [4.69, 9.17) is 13.7 Å². The number of benzene rings is 1. The average Bonchev–Trinajstić information content (AvgIpc) is 3.33. The van der Waals surface area contributed by atoms with Crippen LogP contribution in [0.2, 0.25) is 0 Å². The van der Waals surface area contributed by atoms with Crippen LogP contribution in [-0.4, -0.2) is 22.7 Å². The van der Waals surface area contributed by atoms with Gasteiger partial charge in [0.05, 0.1) is 18.9 Å². The van der Waals surface area contributed by atoms with Crippen LogP contribution in [0.25, 0.3) is 11.6 Å². The number of rotatable bonds is 8. The van der Waals surface area contributed by atoms with E-state index in [0.29, 0.717) is 36.1 Å². The van der Waals surface area contributed by atoms with Crippen molar-refractivity contribution < 1.29 is 22.9 Å². The lowest BCUT2D eigenvalue weighted by molar-refractivity contribution is -0.121. The molecule has 1 N–H and O–H groups in total. The molecule has 1 aromatic carbocycles. The van der Waals surface area contributed by atoms with E-state index in [-0.39, 0.29) is 24.1 Å². The summed E-state index contributed by atoms with van der Waals surface area (Å²) in [6.45, 7) is 3.96. The van der Waals surface area contributed by atoms with Crippen molar-refractivity contribution in [2.75, 3.05) is 6.61 Å². The normalized spacial score (nSPS) is 12.0. The molecule has 142 valence electrons. The zero-order chi connectivity index (χ0) is 19.2. The van der Waals surface area contributed by atoms with Crippen LogP contribution < -0.4 is 10.1 Å². The number of nitrogens with one attached hydrogen (secondary N) is 1. The van der Waals surface area contributed by atoms with Crippen LogP contribution in [0.4, 0.5) is 4.39 Å². The van der Waals surface area contributed by atoms with Gasteiger partial charge in [0.25, 0.3) is 0 Å². The lowest BCUT2D eigenvalue weighted by Crippen LogP contribution is -2.26. The molecule has 1 atom stereocenters. The molecule has 2 aromatic heterocycles. The van der Waals surface area contributed by atoms with Crippen molar-refractivity contribution >= 4 is 5.91 Å². The lowest BCUT2D eigenvalue weighted by atomic mass is 10.1. The third-order valence-corrected chi connectivity index (χ3v) is 3.91. The molecule has 0 saturated carbocycles. The quantitative estimate of drug-likeness (QED) is 0.648. The monoisotopic (exact) mass is 373 g/mol. The van der Waals surface area contributed by atoms with Crippen molar-refractivity contribution in [3.8, 4) is 17.3 Å². The van der Waals surface area contributed by atoms with Gasteiger partial charge in [-0.1, -0.05) is 11.2 Å². The molecule has 0 bridgehead atoms. The van der Waals surface area contributed by atoms with E-state index in [0.717, 1.165) is 0 Å². The average molecular weight is 373 g/mol. The minimum Gasteiger partial charge on any atom is -0.491 e. The number of amides is 1. The molecule has 1 amide bonds. The minimum absolute atomic E-state index is 0.170. The van der Waals surface area contributed by atoms with Crippen LogP contribution in [0.3, 0.4) is 0 Å². The Kier molecular flexibility index (Phi) is 5.85. The van der Waals surface area contributed by atoms with Crippen molar-refractivity contribution in [1.29, 1.82) is 0 Å². The first kappa shape index (κ1) is 18.6. The number of ether oxygens (including phenoxy) is 1. The molecule has 0 radical (unpaired) electrons. The molecule has 0 aliphatic carbocycles. The number of nitrogens with zero attached hydrogens (tertiary/aromatic N) is 2. The van der Waals surface area contributed by atoms with Crippen molar-refractivity contribution in [3.63, 3.8) is 0 Å². The van der Waals surface area contributed by atoms with E-state index in [1.807, 2.05) is 0 Å². The summed E-state index contributed by atoms with van der Waals surface area (Å²) < 4.78 is 29.4. The molecule has 7 nitrogen and oxygen atoms in total. The summed E-state index contributed by atoms with van der Waals surface area (Å²) in [5.74, 6) is 0.732. The maximum absolute atomic E-state index is 14.0. The summed E-state index contributed by atoms with van der Waals surface area (Å²) in [5.41, 5.74) is 0.655. The minimum atomic E-state index is -0.452. The molecule has 0 aliphatic heterocycles. The van der Waals surface area contributed by atoms with Gasteiger partial charge in [-0.15, -0.1) is 0 Å². The second kappa shape index (κ2) is 8.48. The van der Waals surface area contributed by atoms with E-state index in [1.54, 1.807) is 38.1 Å². The summed E-state index contributed by atoms with van der Waals surface area (Å²) in [5, 5.41) is 6.64. The summed E-state index contributed by atoms with van der Waals surface area (Å²) >= 11 is 0. The van der Waals surface area contributed by atoms with Crippen molar-refractivity contribution in [2.45, 2.75) is 32.7 Å². The SMILES string of the molecule is CCOc1ccc(C(C)NC(=O)CCc2nc(-c3ccco3)no2)cc1F. The van der Waals surface area contributed by atoms with Crippen LogP contribution in [0.15, 0.2) is 45.5 Å². The van der Waals surface area contributed by atoms with Gasteiger partial charge in [-0.25, -0.2) is 4.39 Å². The summed E-state index contributed by atoms with van der Waals surface area (Å²) in [7, 11) is 0. The smallest absolute Gasteiger partial charge is 0.238 e.